The summed E-state index contributed by atoms with van der Waals surface area (Å²) in [5.74, 6) is -0.155. The summed E-state index contributed by atoms with van der Waals surface area (Å²) in [6.07, 6.45) is 8.39. The summed E-state index contributed by atoms with van der Waals surface area (Å²) >= 11 is 0. The molecule has 6 rings (SSSR count). The van der Waals surface area contributed by atoms with Gasteiger partial charge in [0.1, 0.15) is 11.6 Å². The summed E-state index contributed by atoms with van der Waals surface area (Å²) in [7, 11) is 1.53. The lowest BCUT2D eigenvalue weighted by atomic mass is 10.0. The number of likely N-dealkylation sites (tertiary alicyclic amines) is 1. The summed E-state index contributed by atoms with van der Waals surface area (Å²) in [5.41, 5.74) is 3.44. The fraction of sp³-hybridized carbons (Fsp3) is 0.393. The van der Waals surface area contributed by atoms with E-state index in [1.165, 1.54) is 24.1 Å². The van der Waals surface area contributed by atoms with E-state index in [9.17, 15) is 14.7 Å². The van der Waals surface area contributed by atoms with Gasteiger partial charge in [0.15, 0.2) is 5.65 Å². The van der Waals surface area contributed by atoms with Gasteiger partial charge in [-0.1, -0.05) is 0 Å². The number of hydrogen-bond acceptors (Lipinski definition) is 7. The number of aromatic nitrogens is 5. The lowest BCUT2D eigenvalue weighted by Gasteiger charge is -2.30. The number of carbonyl (C=O) groups excluding carboxylic acids is 1. The van der Waals surface area contributed by atoms with Crippen LogP contribution >= 0.6 is 0 Å². The Bertz CT molecular complexity index is 1620. The fourth-order valence-electron chi connectivity index (χ4n) is 5.50. The van der Waals surface area contributed by atoms with Gasteiger partial charge in [-0.3, -0.25) is 9.48 Å². The van der Waals surface area contributed by atoms with Crippen molar-refractivity contribution in [2.75, 3.05) is 38.7 Å². The quantitative estimate of drug-likeness (QED) is 0.324. The molecule has 2 fully saturated rings. The van der Waals surface area contributed by atoms with Crippen LogP contribution in [0.15, 0.2) is 36.9 Å². The van der Waals surface area contributed by atoms with E-state index >= 15 is 4.39 Å². The van der Waals surface area contributed by atoms with Crippen molar-refractivity contribution in [3.8, 4) is 22.3 Å². The van der Waals surface area contributed by atoms with E-state index in [0.29, 0.717) is 67.3 Å². The van der Waals surface area contributed by atoms with Crippen molar-refractivity contribution in [2.24, 2.45) is 0 Å². The molecule has 0 radical (unpaired) electrons. The second-order valence-corrected chi connectivity index (χ2v) is 10.5. The molecule has 0 spiro atoms. The molecule has 4 aromatic rings. The number of fused-ring (bicyclic) bond motifs is 1. The molecule has 1 unspecified atom stereocenters. The average Bonchev–Trinajstić information content (AvgIpc) is 3.75. The van der Waals surface area contributed by atoms with Crippen molar-refractivity contribution in [1.29, 1.82) is 0 Å². The summed E-state index contributed by atoms with van der Waals surface area (Å²) in [6, 6.07) is 3.18. The first-order valence-electron chi connectivity index (χ1n) is 13.6. The number of halogens is 1. The number of piperidine rings is 1. The minimum absolute atomic E-state index is 0.0565. The number of rotatable bonds is 6. The van der Waals surface area contributed by atoms with E-state index in [0.717, 1.165) is 17.5 Å². The second kappa shape index (κ2) is 10.8. The van der Waals surface area contributed by atoms with Gasteiger partial charge >= 0.3 is 6.09 Å². The SMILES string of the molecule is CNC(=O)c1cc(C)c(F)c(-c2cnn3cc(-c4cnn(C5CCN(C(=O)O)CC5)c4)c(NC4CCOC4)nc23)c1. The van der Waals surface area contributed by atoms with Crippen molar-refractivity contribution in [2.45, 2.75) is 38.3 Å². The molecule has 3 aromatic heterocycles. The minimum Gasteiger partial charge on any atom is -0.465 e. The van der Waals surface area contributed by atoms with Gasteiger partial charge in [-0.05, 0) is 43.9 Å². The molecule has 1 atom stereocenters. The predicted molar refractivity (Wildman–Crippen MR) is 148 cm³/mol. The molecule has 5 heterocycles. The van der Waals surface area contributed by atoms with Crippen LogP contribution in [-0.4, -0.2) is 85.8 Å². The van der Waals surface area contributed by atoms with Crippen LogP contribution in [0, 0.1) is 12.7 Å². The summed E-state index contributed by atoms with van der Waals surface area (Å²) in [6.45, 7) is 3.74. The molecule has 3 N–H and O–H groups in total. The highest BCUT2D eigenvalue weighted by Crippen LogP contribution is 2.34. The minimum atomic E-state index is -0.899. The molecule has 2 saturated heterocycles. The number of nitrogens with zero attached hydrogens (tertiary/aromatic N) is 6. The molecule has 41 heavy (non-hydrogen) atoms. The smallest absolute Gasteiger partial charge is 0.407 e. The third kappa shape index (κ3) is 5.08. The topological polar surface area (TPSA) is 139 Å². The van der Waals surface area contributed by atoms with Crippen molar-refractivity contribution in [1.82, 2.24) is 34.6 Å². The molecule has 2 aliphatic rings. The normalized spacial score (nSPS) is 17.7. The Morgan fingerprint density at radius 1 is 1.07 bits per heavy atom. The molecule has 13 heteroatoms. The van der Waals surface area contributed by atoms with Crippen LogP contribution in [0.5, 0.6) is 0 Å². The number of carboxylic acid groups (broad SMARTS) is 1. The van der Waals surface area contributed by atoms with Crippen LogP contribution in [0.1, 0.15) is 41.2 Å². The Morgan fingerprint density at radius 2 is 1.88 bits per heavy atom. The lowest BCUT2D eigenvalue weighted by Crippen LogP contribution is -2.38. The molecule has 2 amide bonds. The molecular formula is C28H31FN8O4. The zero-order valence-corrected chi connectivity index (χ0v) is 22.8. The van der Waals surface area contributed by atoms with Crippen molar-refractivity contribution < 1.29 is 23.8 Å². The molecule has 0 aliphatic carbocycles. The van der Waals surface area contributed by atoms with Crippen LogP contribution in [0.2, 0.25) is 0 Å². The summed E-state index contributed by atoms with van der Waals surface area (Å²) in [5, 5.41) is 24.4. The standard InChI is InChI=1S/C28H31FN8O4/c1-16-9-17(27(38)30-2)10-21(24(16)29)22-12-32-37-14-23(25(34-26(22)37)33-19-5-8-41-15-19)18-11-31-36(13-18)20-3-6-35(7-4-20)28(39)40/h9-14,19-20H,3-8,15H2,1-2H3,(H,30,38)(H,33,34)(H,39,40). The van der Waals surface area contributed by atoms with Crippen molar-refractivity contribution in [3.05, 3.63) is 53.9 Å². The van der Waals surface area contributed by atoms with Crippen LogP contribution in [0.4, 0.5) is 15.0 Å². The lowest BCUT2D eigenvalue weighted by molar-refractivity contribution is 0.0962. The molecule has 0 bridgehead atoms. The van der Waals surface area contributed by atoms with Crippen LogP contribution in [0.3, 0.4) is 0 Å². The number of hydrogen-bond donors (Lipinski definition) is 3. The number of amides is 2. The number of benzene rings is 1. The molecule has 0 saturated carbocycles. The van der Waals surface area contributed by atoms with Crippen LogP contribution < -0.4 is 10.6 Å². The van der Waals surface area contributed by atoms with E-state index in [2.05, 4.69) is 20.8 Å². The number of aryl methyl sites for hydroxylation is 1. The molecular weight excluding hydrogens is 531 g/mol. The molecule has 12 nitrogen and oxygen atoms in total. The van der Waals surface area contributed by atoms with Gasteiger partial charge in [-0.2, -0.15) is 10.2 Å². The second-order valence-electron chi connectivity index (χ2n) is 10.5. The Kier molecular flexibility index (Phi) is 7.03. The van der Waals surface area contributed by atoms with Gasteiger partial charge in [0, 0.05) is 67.0 Å². The first-order chi connectivity index (χ1) is 19.8. The number of carbonyl (C=O) groups is 2. The van der Waals surface area contributed by atoms with E-state index in [-0.39, 0.29) is 23.6 Å². The maximum atomic E-state index is 15.4. The molecule has 1 aromatic carbocycles. The number of anilines is 1. The number of ether oxygens (including phenoxy) is 1. The Morgan fingerprint density at radius 3 is 2.59 bits per heavy atom. The third-order valence-electron chi connectivity index (χ3n) is 7.82. The first-order valence-corrected chi connectivity index (χ1v) is 13.6. The molecule has 2 aliphatic heterocycles. The van der Waals surface area contributed by atoms with E-state index < -0.39 is 11.9 Å². The zero-order valence-electron chi connectivity index (χ0n) is 22.8. The molecule has 214 valence electrons. The summed E-state index contributed by atoms with van der Waals surface area (Å²) in [4.78, 5) is 30.0. The van der Waals surface area contributed by atoms with Crippen molar-refractivity contribution in [3.63, 3.8) is 0 Å². The van der Waals surface area contributed by atoms with E-state index in [1.54, 1.807) is 23.8 Å². The van der Waals surface area contributed by atoms with E-state index in [1.807, 2.05) is 17.1 Å². The Hall–Kier alpha value is -4.52. The largest absolute Gasteiger partial charge is 0.465 e. The predicted octanol–water partition coefficient (Wildman–Crippen LogP) is 3.58. The van der Waals surface area contributed by atoms with Gasteiger partial charge in [-0.15, -0.1) is 0 Å². The highest BCUT2D eigenvalue weighted by molar-refractivity contribution is 5.96. The van der Waals surface area contributed by atoms with Gasteiger partial charge in [0.25, 0.3) is 5.91 Å². The van der Waals surface area contributed by atoms with Gasteiger partial charge in [0.05, 0.1) is 31.1 Å². The Balaban J connectivity index is 1.40. The summed E-state index contributed by atoms with van der Waals surface area (Å²) < 4.78 is 24.4. The Labute approximate surface area is 235 Å². The highest BCUT2D eigenvalue weighted by Gasteiger charge is 2.26. The van der Waals surface area contributed by atoms with Gasteiger partial charge in [-0.25, -0.2) is 18.7 Å². The van der Waals surface area contributed by atoms with Crippen LogP contribution in [0.25, 0.3) is 27.9 Å². The fourth-order valence-corrected chi connectivity index (χ4v) is 5.50. The van der Waals surface area contributed by atoms with Crippen LogP contribution in [-0.2, 0) is 4.74 Å². The van der Waals surface area contributed by atoms with Gasteiger partial charge < -0.3 is 25.4 Å². The monoisotopic (exact) mass is 562 g/mol. The highest BCUT2D eigenvalue weighted by atomic mass is 19.1. The number of nitrogens with one attached hydrogen (secondary N) is 2. The van der Waals surface area contributed by atoms with Gasteiger partial charge in [0.2, 0.25) is 0 Å². The average molecular weight is 563 g/mol. The van der Waals surface area contributed by atoms with Crippen molar-refractivity contribution >= 4 is 23.5 Å². The maximum absolute atomic E-state index is 15.4. The zero-order chi connectivity index (χ0) is 28.7. The maximum Gasteiger partial charge on any atom is 0.407 e. The first kappa shape index (κ1) is 26.7. The third-order valence-corrected chi connectivity index (χ3v) is 7.82. The van der Waals surface area contributed by atoms with E-state index in [4.69, 9.17) is 9.72 Å².